The number of carbonyl (C=O) groups is 1. The van der Waals surface area contributed by atoms with Crippen molar-refractivity contribution in [3.05, 3.63) is 25.5 Å². The molecule has 0 aromatic carbocycles. The number of esters is 1. The van der Waals surface area contributed by atoms with E-state index < -0.39 is 5.97 Å². The van der Waals surface area contributed by atoms with Gasteiger partial charge in [0.05, 0.1) is 19.0 Å². The highest BCUT2D eigenvalue weighted by Crippen LogP contribution is 1.93. The van der Waals surface area contributed by atoms with Crippen molar-refractivity contribution in [1.29, 1.82) is 0 Å². The molecule has 0 heterocycles. The Labute approximate surface area is 84.1 Å². The molecule has 0 aliphatic heterocycles. The summed E-state index contributed by atoms with van der Waals surface area (Å²) >= 11 is 0. The summed E-state index contributed by atoms with van der Waals surface area (Å²) in [6.45, 7) is 9.59. The summed E-state index contributed by atoms with van der Waals surface area (Å²) in [7, 11) is 0. The molecule has 14 heavy (non-hydrogen) atoms. The van der Waals surface area contributed by atoms with Crippen molar-refractivity contribution >= 4 is 5.97 Å². The highest BCUT2D eigenvalue weighted by atomic mass is 16.6. The van der Waals surface area contributed by atoms with E-state index in [0.717, 1.165) is 6.08 Å². The van der Waals surface area contributed by atoms with Gasteiger partial charge in [0.25, 0.3) is 0 Å². The molecular weight excluding hydrogens is 184 g/mol. The summed E-state index contributed by atoms with van der Waals surface area (Å²) in [4.78, 5) is 10.7. The van der Waals surface area contributed by atoms with Gasteiger partial charge in [0, 0.05) is 6.08 Å². The first-order chi connectivity index (χ1) is 6.70. The second-order valence-corrected chi connectivity index (χ2v) is 2.55. The van der Waals surface area contributed by atoms with Crippen LogP contribution in [0.4, 0.5) is 0 Å². The number of rotatable bonds is 8. The second kappa shape index (κ2) is 8.31. The van der Waals surface area contributed by atoms with E-state index in [-0.39, 0.29) is 12.7 Å². The normalized spacial score (nSPS) is 11.5. The van der Waals surface area contributed by atoms with Crippen LogP contribution in [0, 0.1) is 0 Å². The highest BCUT2D eigenvalue weighted by molar-refractivity contribution is 5.81. The molecule has 0 aromatic rings. The minimum Gasteiger partial charge on any atom is -0.499 e. The van der Waals surface area contributed by atoms with Gasteiger partial charge >= 0.3 is 5.97 Å². The largest absolute Gasteiger partial charge is 0.499 e. The van der Waals surface area contributed by atoms with Crippen LogP contribution >= 0.6 is 0 Å². The van der Waals surface area contributed by atoms with Crippen LogP contribution in [0.25, 0.3) is 0 Å². The Bertz CT molecular complexity index is 189. The maximum Gasteiger partial charge on any atom is 0.330 e. The molecule has 0 aliphatic rings. The maximum absolute atomic E-state index is 10.7. The Balaban J connectivity index is 3.35. The Morgan fingerprint density at radius 3 is 2.71 bits per heavy atom. The van der Waals surface area contributed by atoms with Crippen LogP contribution in [-0.4, -0.2) is 31.9 Å². The number of ether oxygens (including phenoxy) is 3. The van der Waals surface area contributed by atoms with E-state index in [4.69, 9.17) is 14.2 Å². The van der Waals surface area contributed by atoms with Gasteiger partial charge in [-0.25, -0.2) is 4.79 Å². The monoisotopic (exact) mass is 200 g/mol. The van der Waals surface area contributed by atoms with E-state index >= 15 is 0 Å². The van der Waals surface area contributed by atoms with Gasteiger partial charge in [-0.1, -0.05) is 13.2 Å². The zero-order valence-electron chi connectivity index (χ0n) is 8.40. The summed E-state index contributed by atoms with van der Waals surface area (Å²) in [6, 6.07) is 0. The lowest BCUT2D eigenvalue weighted by atomic mass is 10.4. The van der Waals surface area contributed by atoms with Crippen molar-refractivity contribution in [3.63, 3.8) is 0 Å². The third kappa shape index (κ3) is 7.36. The zero-order chi connectivity index (χ0) is 10.8. The third-order valence-electron chi connectivity index (χ3n) is 1.35. The van der Waals surface area contributed by atoms with E-state index in [1.165, 1.54) is 6.26 Å². The Hall–Kier alpha value is -1.29. The van der Waals surface area contributed by atoms with Crippen molar-refractivity contribution in [2.75, 3.05) is 19.8 Å². The molecule has 0 radical (unpaired) electrons. The van der Waals surface area contributed by atoms with Crippen molar-refractivity contribution in [3.8, 4) is 0 Å². The summed E-state index contributed by atoms with van der Waals surface area (Å²) in [6.07, 6.45) is 2.33. The molecule has 0 rings (SSSR count). The number of carbonyl (C=O) groups excluding carboxylic acids is 1. The summed E-state index contributed by atoms with van der Waals surface area (Å²) < 4.78 is 14.9. The molecule has 4 heteroatoms. The average molecular weight is 200 g/mol. The van der Waals surface area contributed by atoms with Crippen molar-refractivity contribution in [1.82, 2.24) is 0 Å². The van der Waals surface area contributed by atoms with E-state index in [0.29, 0.717) is 13.2 Å². The molecule has 1 atom stereocenters. The van der Waals surface area contributed by atoms with E-state index in [2.05, 4.69) is 13.2 Å². The minimum absolute atomic E-state index is 0.146. The van der Waals surface area contributed by atoms with Gasteiger partial charge in [-0.2, -0.15) is 0 Å². The molecule has 0 fully saturated rings. The Morgan fingerprint density at radius 2 is 2.14 bits per heavy atom. The first kappa shape index (κ1) is 12.7. The van der Waals surface area contributed by atoms with Crippen molar-refractivity contribution in [2.24, 2.45) is 0 Å². The molecule has 1 unspecified atom stereocenters. The van der Waals surface area contributed by atoms with Crippen LogP contribution in [-0.2, 0) is 19.0 Å². The van der Waals surface area contributed by atoms with Gasteiger partial charge in [-0.05, 0) is 6.92 Å². The van der Waals surface area contributed by atoms with E-state index in [1.54, 1.807) is 0 Å². The molecule has 0 saturated carbocycles. The second-order valence-electron chi connectivity index (χ2n) is 2.55. The van der Waals surface area contributed by atoms with Crippen molar-refractivity contribution in [2.45, 2.75) is 13.0 Å². The lowest BCUT2D eigenvalue weighted by molar-refractivity contribution is -0.141. The molecule has 0 aromatic heterocycles. The molecule has 0 spiro atoms. The molecule has 80 valence electrons. The fourth-order valence-corrected chi connectivity index (χ4v) is 0.687. The van der Waals surface area contributed by atoms with E-state index in [9.17, 15) is 4.79 Å². The van der Waals surface area contributed by atoms with Crippen LogP contribution in [0.3, 0.4) is 0 Å². The van der Waals surface area contributed by atoms with Crippen LogP contribution in [0.1, 0.15) is 6.92 Å². The highest BCUT2D eigenvalue weighted by Gasteiger charge is 2.04. The van der Waals surface area contributed by atoms with Crippen molar-refractivity contribution < 1.29 is 19.0 Å². The topological polar surface area (TPSA) is 44.8 Å². The lowest BCUT2D eigenvalue weighted by Crippen LogP contribution is -2.19. The van der Waals surface area contributed by atoms with Crippen LogP contribution in [0.5, 0.6) is 0 Å². The predicted octanol–water partition coefficient (Wildman–Crippen LogP) is 1.28. The van der Waals surface area contributed by atoms with Gasteiger partial charge in [-0.15, -0.1) is 0 Å². The van der Waals surface area contributed by atoms with Gasteiger partial charge < -0.3 is 14.2 Å². The first-order valence-corrected chi connectivity index (χ1v) is 4.34. The lowest BCUT2D eigenvalue weighted by Gasteiger charge is -2.12. The van der Waals surface area contributed by atoms with Crippen LogP contribution in [0.15, 0.2) is 25.5 Å². The molecule has 0 saturated heterocycles. The average Bonchev–Trinajstić information content (AvgIpc) is 2.21. The predicted molar refractivity (Wildman–Crippen MR) is 52.7 cm³/mol. The Kier molecular flexibility index (Phi) is 7.55. The Morgan fingerprint density at radius 1 is 1.43 bits per heavy atom. The maximum atomic E-state index is 10.7. The van der Waals surface area contributed by atoms with E-state index in [1.807, 2.05) is 6.92 Å². The fourth-order valence-electron chi connectivity index (χ4n) is 0.687. The molecular formula is C10H16O4. The minimum atomic E-state index is -0.442. The molecule has 0 aliphatic carbocycles. The van der Waals surface area contributed by atoms with Gasteiger partial charge in [0.2, 0.25) is 0 Å². The molecule has 4 nitrogen and oxygen atoms in total. The quantitative estimate of drug-likeness (QED) is 0.256. The summed E-state index contributed by atoms with van der Waals surface area (Å²) in [5.74, 6) is -0.442. The fraction of sp³-hybridized carbons (Fsp3) is 0.500. The smallest absolute Gasteiger partial charge is 0.330 e. The first-order valence-electron chi connectivity index (χ1n) is 4.34. The van der Waals surface area contributed by atoms with Gasteiger partial charge in [-0.3, -0.25) is 0 Å². The molecule has 0 amide bonds. The summed E-state index contributed by atoms with van der Waals surface area (Å²) in [5.41, 5.74) is 0. The SMILES string of the molecule is C=COCCOC(C)COC(=O)C=C. The standard InChI is InChI=1S/C10H16O4/c1-4-10(11)14-8-9(3)13-7-6-12-5-2/h4-5,9H,1-2,6-8H2,3H3. The number of hydrogen-bond acceptors (Lipinski definition) is 4. The number of hydrogen-bond donors (Lipinski definition) is 0. The third-order valence-corrected chi connectivity index (χ3v) is 1.35. The molecule has 0 N–H and O–H groups in total. The molecule has 0 bridgehead atoms. The van der Waals surface area contributed by atoms with Gasteiger partial charge in [0.15, 0.2) is 0 Å². The van der Waals surface area contributed by atoms with Crippen LogP contribution < -0.4 is 0 Å². The summed E-state index contributed by atoms with van der Waals surface area (Å²) in [5, 5.41) is 0. The van der Waals surface area contributed by atoms with Crippen LogP contribution in [0.2, 0.25) is 0 Å². The van der Waals surface area contributed by atoms with Gasteiger partial charge in [0.1, 0.15) is 13.2 Å². The zero-order valence-corrected chi connectivity index (χ0v) is 8.40.